The number of hydrogen-bond donors (Lipinski definition) is 3. The number of hydrazine groups is 1. The molecule has 21 heavy (non-hydrogen) atoms. The highest BCUT2D eigenvalue weighted by Crippen LogP contribution is 2.17. The summed E-state index contributed by atoms with van der Waals surface area (Å²) in [4.78, 5) is 27.3. The summed E-state index contributed by atoms with van der Waals surface area (Å²) < 4.78 is 26.7. The lowest BCUT2D eigenvalue weighted by atomic mass is 10.0. The third kappa shape index (κ3) is 2.84. The normalized spacial score (nSPS) is 10.2. The number of rotatable bonds is 3. The maximum absolute atomic E-state index is 13.6. The average molecular weight is 292 g/mol. The summed E-state index contributed by atoms with van der Waals surface area (Å²) in [6, 6.07) is 3.59. The number of nitrogen functional groups attached to an aromatic ring is 2. The number of hydrogen-bond acceptors (Lipinski definition) is 5. The van der Waals surface area contributed by atoms with Crippen LogP contribution in [0.4, 0.5) is 14.6 Å². The van der Waals surface area contributed by atoms with E-state index in [0.717, 1.165) is 30.5 Å². The van der Waals surface area contributed by atoms with Gasteiger partial charge in [-0.1, -0.05) is 0 Å². The molecule has 1 aromatic carbocycles. The molecular weight excluding hydrogens is 282 g/mol. The number of nitrogens with two attached hydrogens (primary N) is 2. The van der Waals surface area contributed by atoms with Gasteiger partial charge in [0.05, 0.1) is 11.1 Å². The summed E-state index contributed by atoms with van der Waals surface area (Å²) in [5, 5.41) is 0. The molecule has 0 bridgehead atoms. The first-order chi connectivity index (χ1) is 9.93. The molecule has 0 aliphatic heterocycles. The molecule has 0 spiro atoms. The van der Waals surface area contributed by atoms with Crippen LogP contribution >= 0.6 is 0 Å². The fraction of sp³-hybridized carbons (Fsp3) is 0. The zero-order valence-corrected chi connectivity index (χ0v) is 10.6. The third-order valence-electron chi connectivity index (χ3n) is 2.73. The van der Waals surface area contributed by atoms with Gasteiger partial charge < -0.3 is 5.73 Å². The molecule has 0 aliphatic rings. The fourth-order valence-electron chi connectivity index (χ4n) is 1.69. The molecule has 2 aromatic rings. The monoisotopic (exact) mass is 292 g/mol. The highest BCUT2D eigenvalue weighted by Gasteiger charge is 2.18. The zero-order valence-electron chi connectivity index (χ0n) is 10.6. The number of amides is 1. The number of anilines is 1. The van der Waals surface area contributed by atoms with Crippen molar-refractivity contribution in [3.8, 4) is 0 Å². The second-order valence-corrected chi connectivity index (χ2v) is 4.08. The van der Waals surface area contributed by atoms with Crippen molar-refractivity contribution in [3.63, 3.8) is 0 Å². The van der Waals surface area contributed by atoms with Crippen molar-refractivity contribution in [1.82, 2.24) is 10.4 Å². The summed E-state index contributed by atoms with van der Waals surface area (Å²) in [6.07, 6.45) is 1.06. The Morgan fingerprint density at radius 2 is 1.86 bits per heavy atom. The van der Waals surface area contributed by atoms with Crippen molar-refractivity contribution in [2.24, 2.45) is 5.84 Å². The third-order valence-corrected chi connectivity index (χ3v) is 2.73. The van der Waals surface area contributed by atoms with Crippen LogP contribution in [0, 0.1) is 11.6 Å². The topological polar surface area (TPSA) is 111 Å². The Morgan fingerprint density at radius 3 is 2.52 bits per heavy atom. The number of carbonyl (C=O) groups is 2. The Balaban J connectivity index is 2.49. The number of ketones is 1. The Hall–Kier alpha value is -2.87. The van der Waals surface area contributed by atoms with E-state index in [1.165, 1.54) is 0 Å². The lowest BCUT2D eigenvalue weighted by molar-refractivity contribution is 0.0954. The largest absolute Gasteiger partial charge is 0.383 e. The van der Waals surface area contributed by atoms with Gasteiger partial charge in [-0.25, -0.2) is 19.6 Å². The van der Waals surface area contributed by atoms with E-state index in [2.05, 4.69) is 4.98 Å². The molecule has 0 unspecified atom stereocenters. The molecular formula is C13H10F2N4O2. The minimum atomic E-state index is -0.886. The highest BCUT2D eigenvalue weighted by molar-refractivity contribution is 6.10. The summed E-state index contributed by atoms with van der Waals surface area (Å²) in [5.41, 5.74) is 6.60. The van der Waals surface area contributed by atoms with Gasteiger partial charge in [-0.05, 0) is 24.3 Å². The van der Waals surface area contributed by atoms with Crippen molar-refractivity contribution in [1.29, 1.82) is 0 Å². The Kier molecular flexibility index (Phi) is 3.90. The number of halogens is 2. The molecule has 1 amide bonds. The molecule has 0 fully saturated rings. The minimum absolute atomic E-state index is 0.118. The highest BCUT2D eigenvalue weighted by atomic mass is 19.1. The van der Waals surface area contributed by atoms with Gasteiger partial charge in [-0.2, -0.15) is 0 Å². The quantitative estimate of drug-likeness (QED) is 0.335. The van der Waals surface area contributed by atoms with Gasteiger partial charge in [0.25, 0.3) is 5.91 Å². The summed E-state index contributed by atoms with van der Waals surface area (Å²) in [5.74, 6) is 1.60. The number of nitrogens with zero attached hydrogens (tertiary/aromatic N) is 1. The van der Waals surface area contributed by atoms with E-state index in [1.807, 2.05) is 5.43 Å². The van der Waals surface area contributed by atoms with Gasteiger partial charge in [0.15, 0.2) is 5.78 Å². The molecule has 0 saturated heterocycles. The SMILES string of the molecule is NNC(=O)c1cc(C(=O)c2cc(F)ccc2F)cnc1N. The molecule has 5 N–H and O–H groups in total. The van der Waals surface area contributed by atoms with Crippen molar-refractivity contribution in [2.75, 3.05) is 5.73 Å². The Labute approximate surface area is 117 Å². The lowest BCUT2D eigenvalue weighted by Crippen LogP contribution is -2.31. The summed E-state index contributed by atoms with van der Waals surface area (Å²) in [7, 11) is 0. The molecule has 0 radical (unpaired) electrons. The van der Waals surface area contributed by atoms with Gasteiger partial charge in [0, 0.05) is 11.8 Å². The first-order valence-corrected chi connectivity index (χ1v) is 5.70. The summed E-state index contributed by atoms with van der Waals surface area (Å²) in [6.45, 7) is 0. The van der Waals surface area contributed by atoms with Crippen LogP contribution in [0.25, 0.3) is 0 Å². The van der Waals surface area contributed by atoms with Crippen LogP contribution in [0.15, 0.2) is 30.5 Å². The van der Waals surface area contributed by atoms with Crippen LogP contribution in [0.2, 0.25) is 0 Å². The number of pyridine rings is 1. The molecule has 0 aliphatic carbocycles. The average Bonchev–Trinajstić information content (AvgIpc) is 2.48. The number of nitrogens with one attached hydrogen (secondary N) is 1. The van der Waals surface area contributed by atoms with E-state index in [4.69, 9.17) is 11.6 Å². The van der Waals surface area contributed by atoms with Crippen molar-refractivity contribution in [3.05, 3.63) is 58.8 Å². The predicted molar refractivity (Wildman–Crippen MR) is 70.1 cm³/mol. The standard InChI is InChI=1S/C13H10F2N4O2/c14-7-1-2-10(15)8(4-7)11(20)6-3-9(13(21)19-17)12(16)18-5-6/h1-5H,17H2,(H2,16,18)(H,19,21). The first kappa shape index (κ1) is 14.5. The first-order valence-electron chi connectivity index (χ1n) is 5.70. The minimum Gasteiger partial charge on any atom is -0.383 e. The van der Waals surface area contributed by atoms with E-state index in [9.17, 15) is 18.4 Å². The second kappa shape index (κ2) is 5.63. The van der Waals surface area contributed by atoms with Gasteiger partial charge in [-0.15, -0.1) is 0 Å². The van der Waals surface area contributed by atoms with Crippen LogP contribution in [-0.4, -0.2) is 16.7 Å². The van der Waals surface area contributed by atoms with Crippen molar-refractivity contribution in [2.45, 2.75) is 0 Å². The summed E-state index contributed by atoms with van der Waals surface area (Å²) >= 11 is 0. The Morgan fingerprint density at radius 1 is 1.14 bits per heavy atom. The Bertz CT molecular complexity index is 734. The molecule has 2 rings (SSSR count). The second-order valence-electron chi connectivity index (χ2n) is 4.08. The zero-order chi connectivity index (χ0) is 15.6. The van der Waals surface area contributed by atoms with Gasteiger partial charge in [0.1, 0.15) is 17.5 Å². The molecule has 8 heteroatoms. The van der Waals surface area contributed by atoms with E-state index in [-0.39, 0.29) is 16.9 Å². The number of aromatic nitrogens is 1. The van der Waals surface area contributed by atoms with Gasteiger partial charge in [-0.3, -0.25) is 15.0 Å². The number of carbonyl (C=O) groups excluding carboxylic acids is 2. The molecule has 0 saturated carbocycles. The van der Waals surface area contributed by atoms with Crippen LogP contribution < -0.4 is 17.0 Å². The van der Waals surface area contributed by atoms with Crippen LogP contribution in [0.5, 0.6) is 0 Å². The van der Waals surface area contributed by atoms with E-state index in [0.29, 0.717) is 0 Å². The molecule has 6 nitrogen and oxygen atoms in total. The van der Waals surface area contributed by atoms with E-state index >= 15 is 0 Å². The lowest BCUT2D eigenvalue weighted by Gasteiger charge is -2.07. The van der Waals surface area contributed by atoms with Crippen LogP contribution in [0.1, 0.15) is 26.3 Å². The molecule has 108 valence electrons. The fourth-order valence-corrected chi connectivity index (χ4v) is 1.69. The van der Waals surface area contributed by atoms with Gasteiger partial charge >= 0.3 is 0 Å². The molecule has 1 heterocycles. The molecule has 0 atom stereocenters. The van der Waals surface area contributed by atoms with Crippen LogP contribution in [-0.2, 0) is 0 Å². The van der Waals surface area contributed by atoms with Crippen LogP contribution in [0.3, 0.4) is 0 Å². The van der Waals surface area contributed by atoms with Crippen molar-refractivity contribution >= 4 is 17.5 Å². The van der Waals surface area contributed by atoms with E-state index < -0.39 is 28.9 Å². The smallest absolute Gasteiger partial charge is 0.268 e. The maximum Gasteiger partial charge on any atom is 0.268 e. The van der Waals surface area contributed by atoms with Gasteiger partial charge in [0.2, 0.25) is 0 Å². The predicted octanol–water partition coefficient (Wildman–Crippen LogP) is 0.776. The van der Waals surface area contributed by atoms with E-state index in [1.54, 1.807) is 0 Å². The maximum atomic E-state index is 13.6. The number of benzene rings is 1. The van der Waals surface area contributed by atoms with Crippen molar-refractivity contribution < 1.29 is 18.4 Å². The molecule has 1 aromatic heterocycles.